The van der Waals surface area contributed by atoms with Gasteiger partial charge in [-0.05, 0) is 42.2 Å². The van der Waals surface area contributed by atoms with Gasteiger partial charge in [0.15, 0.2) is 6.29 Å². The van der Waals surface area contributed by atoms with Gasteiger partial charge in [0.25, 0.3) is 9.84 Å². The molecule has 2 heterocycles. The Morgan fingerprint density at radius 1 is 1.12 bits per heavy atom. The summed E-state index contributed by atoms with van der Waals surface area (Å²) >= 11 is 0. The van der Waals surface area contributed by atoms with Crippen molar-refractivity contribution in [3.05, 3.63) is 84.0 Å². The van der Waals surface area contributed by atoms with Gasteiger partial charge >= 0.3 is 5.51 Å². The van der Waals surface area contributed by atoms with E-state index >= 15 is 0 Å². The summed E-state index contributed by atoms with van der Waals surface area (Å²) < 4.78 is 102. The van der Waals surface area contributed by atoms with Crippen LogP contribution in [-0.2, 0) is 31.5 Å². The first-order valence-corrected chi connectivity index (χ1v) is 13.6. The number of aliphatic hydroxyl groups is 1. The number of aromatic nitrogens is 3. The van der Waals surface area contributed by atoms with Crippen molar-refractivity contribution in [2.24, 2.45) is 11.8 Å². The molecule has 3 aromatic rings. The number of hydrogen-bond donors (Lipinski definition) is 1. The third kappa shape index (κ3) is 6.57. The molecular formula is C26H26F5N3O5S. The Morgan fingerprint density at radius 2 is 1.80 bits per heavy atom. The summed E-state index contributed by atoms with van der Waals surface area (Å²) in [7, 11) is -5.43. The molecule has 2 unspecified atom stereocenters. The normalized spacial score (nSPS) is 20.9. The van der Waals surface area contributed by atoms with E-state index in [-0.39, 0.29) is 31.2 Å². The summed E-state index contributed by atoms with van der Waals surface area (Å²) in [4.78, 5) is 2.99. The molecular weight excluding hydrogens is 561 g/mol. The Morgan fingerprint density at radius 3 is 2.38 bits per heavy atom. The highest BCUT2D eigenvalue weighted by atomic mass is 32.2. The zero-order valence-corrected chi connectivity index (χ0v) is 21.9. The highest BCUT2D eigenvalue weighted by Gasteiger charge is 2.46. The number of hydrogen-bond acceptors (Lipinski definition) is 7. The fourth-order valence-corrected chi connectivity index (χ4v) is 5.25. The number of nitrogens with zero attached hydrogens (tertiary/aromatic N) is 3. The van der Waals surface area contributed by atoms with Crippen LogP contribution >= 0.6 is 0 Å². The van der Waals surface area contributed by atoms with Crippen LogP contribution in [0.3, 0.4) is 0 Å². The first kappa shape index (κ1) is 29.8. The summed E-state index contributed by atoms with van der Waals surface area (Å²) in [6, 6.07) is 7.18. The molecule has 1 aliphatic heterocycles. The Bertz CT molecular complexity index is 1420. The maximum atomic E-state index is 14.7. The van der Waals surface area contributed by atoms with Crippen molar-refractivity contribution in [3.8, 4) is 0 Å². The fraction of sp³-hybridized carbons (Fsp3) is 0.385. The van der Waals surface area contributed by atoms with E-state index in [2.05, 4.69) is 10.1 Å². The third-order valence-electron chi connectivity index (χ3n) is 6.70. The smallest absolute Gasteiger partial charge is 0.383 e. The largest absolute Gasteiger partial charge is 0.501 e. The van der Waals surface area contributed by atoms with Crippen LogP contribution in [0.1, 0.15) is 24.5 Å². The average molecular weight is 588 g/mol. The van der Waals surface area contributed by atoms with Gasteiger partial charge in [0, 0.05) is 17.5 Å². The summed E-state index contributed by atoms with van der Waals surface area (Å²) in [6.45, 7) is 2.06. The summed E-state index contributed by atoms with van der Waals surface area (Å²) in [5, 5.41) is 15.7. The second-order valence-electron chi connectivity index (χ2n) is 9.56. The van der Waals surface area contributed by atoms with Crippen molar-refractivity contribution in [3.63, 3.8) is 0 Å². The van der Waals surface area contributed by atoms with Crippen LogP contribution in [0.5, 0.6) is 0 Å². The first-order chi connectivity index (χ1) is 18.8. The van der Waals surface area contributed by atoms with Gasteiger partial charge in [0.2, 0.25) is 0 Å². The van der Waals surface area contributed by atoms with Crippen molar-refractivity contribution in [1.82, 2.24) is 14.8 Å². The molecule has 8 nitrogen and oxygen atoms in total. The van der Waals surface area contributed by atoms with Gasteiger partial charge < -0.3 is 14.6 Å². The summed E-state index contributed by atoms with van der Waals surface area (Å²) in [5.74, 6) is -2.39. The minimum atomic E-state index is -5.43. The second-order valence-corrected chi connectivity index (χ2v) is 11.5. The lowest BCUT2D eigenvalue weighted by Crippen LogP contribution is -2.42. The van der Waals surface area contributed by atoms with E-state index < -0.39 is 49.7 Å². The summed E-state index contributed by atoms with van der Waals surface area (Å²) in [6.07, 6.45) is 5.29. The van der Waals surface area contributed by atoms with Gasteiger partial charge in [-0.25, -0.2) is 26.9 Å². The average Bonchev–Trinajstić information content (AvgIpc) is 3.40. The molecule has 1 N–H and O–H groups in total. The van der Waals surface area contributed by atoms with Gasteiger partial charge in [0.1, 0.15) is 29.9 Å². The number of sulfone groups is 1. The lowest BCUT2D eigenvalue weighted by atomic mass is 9.77. The Hall–Kier alpha value is -3.20. The van der Waals surface area contributed by atoms with Crippen molar-refractivity contribution in [1.29, 1.82) is 0 Å². The van der Waals surface area contributed by atoms with E-state index in [1.807, 2.05) is 0 Å². The molecule has 1 fully saturated rings. The molecule has 2 atom stereocenters. The van der Waals surface area contributed by atoms with Gasteiger partial charge in [-0.2, -0.15) is 18.3 Å². The molecule has 0 saturated carbocycles. The van der Waals surface area contributed by atoms with Crippen LogP contribution in [0.15, 0.2) is 66.1 Å². The van der Waals surface area contributed by atoms with Crippen LogP contribution in [0.2, 0.25) is 0 Å². The number of rotatable bonds is 9. The maximum Gasteiger partial charge on any atom is 0.501 e. The molecule has 1 aliphatic rings. The number of alkyl halides is 3. The van der Waals surface area contributed by atoms with Crippen molar-refractivity contribution in [2.75, 3.05) is 13.2 Å². The van der Waals surface area contributed by atoms with Crippen LogP contribution in [0.25, 0.3) is 6.08 Å². The monoisotopic (exact) mass is 587 g/mol. The predicted octanol–water partition coefficient (Wildman–Crippen LogP) is 4.47. The standard InChI is InChI=1S/C26H26F5N3O5S/c1-17(25(35,14-34-16-32-15-33-34)22-8-5-20(27)11-23(22)28)10-19-12-38-24(39-13-19)9-4-18-2-6-21(7-3-18)40(36,37)26(29,30)31/h2-9,11,15-17,19,24,35H,10,12-14H2,1H3. The molecule has 14 heteroatoms. The predicted molar refractivity (Wildman–Crippen MR) is 132 cm³/mol. The topological polar surface area (TPSA) is 104 Å². The van der Waals surface area contributed by atoms with Gasteiger partial charge in [-0.15, -0.1) is 0 Å². The zero-order valence-electron chi connectivity index (χ0n) is 21.1. The van der Waals surface area contributed by atoms with Crippen LogP contribution in [-0.4, -0.2) is 53.3 Å². The Balaban J connectivity index is 1.38. The van der Waals surface area contributed by atoms with Crippen molar-refractivity contribution < 1.29 is 45.0 Å². The molecule has 40 heavy (non-hydrogen) atoms. The quantitative estimate of drug-likeness (QED) is 0.369. The minimum absolute atomic E-state index is 0.0793. The minimum Gasteiger partial charge on any atom is -0.383 e. The van der Waals surface area contributed by atoms with Gasteiger partial charge in [0.05, 0.1) is 24.7 Å². The molecule has 1 aromatic heterocycles. The van der Waals surface area contributed by atoms with Crippen LogP contribution < -0.4 is 0 Å². The molecule has 0 amide bonds. The molecule has 0 spiro atoms. The van der Waals surface area contributed by atoms with Crippen LogP contribution in [0.4, 0.5) is 22.0 Å². The molecule has 0 aliphatic carbocycles. The van der Waals surface area contributed by atoms with Crippen molar-refractivity contribution >= 4 is 15.9 Å². The van der Waals surface area contributed by atoms with E-state index in [1.165, 1.54) is 47.7 Å². The van der Waals surface area contributed by atoms with Crippen molar-refractivity contribution in [2.45, 2.75) is 42.2 Å². The third-order valence-corrected chi connectivity index (χ3v) is 8.20. The van der Waals surface area contributed by atoms with Gasteiger partial charge in [-0.1, -0.05) is 31.2 Å². The molecule has 216 valence electrons. The number of ether oxygens (including phenoxy) is 2. The van der Waals surface area contributed by atoms with E-state index in [9.17, 15) is 35.5 Å². The lowest BCUT2D eigenvalue weighted by Gasteiger charge is -2.38. The van der Waals surface area contributed by atoms with E-state index in [0.717, 1.165) is 18.2 Å². The number of halogens is 5. The Kier molecular flexibility index (Phi) is 8.73. The molecule has 0 radical (unpaired) electrons. The maximum absolute atomic E-state index is 14.7. The first-order valence-electron chi connectivity index (χ1n) is 12.1. The molecule has 1 saturated heterocycles. The highest BCUT2D eigenvalue weighted by Crippen LogP contribution is 2.38. The Labute approximate surface area is 227 Å². The second kappa shape index (κ2) is 11.7. The molecule has 0 bridgehead atoms. The van der Waals surface area contributed by atoms with E-state index in [0.29, 0.717) is 18.1 Å². The van der Waals surface area contributed by atoms with E-state index in [1.54, 1.807) is 6.92 Å². The lowest BCUT2D eigenvalue weighted by molar-refractivity contribution is -0.180. The summed E-state index contributed by atoms with van der Waals surface area (Å²) in [5.41, 5.74) is -6.79. The van der Waals surface area contributed by atoms with Crippen LogP contribution in [0, 0.1) is 23.5 Å². The van der Waals surface area contributed by atoms with E-state index in [4.69, 9.17) is 9.47 Å². The van der Waals surface area contributed by atoms with Gasteiger partial charge in [-0.3, -0.25) is 0 Å². The highest BCUT2D eigenvalue weighted by molar-refractivity contribution is 7.92. The fourth-order valence-electron chi connectivity index (χ4n) is 4.49. The number of benzene rings is 2. The SMILES string of the molecule is CC(CC1COC(C=Cc2ccc(S(=O)(=O)C(F)(F)F)cc2)OC1)C(O)(Cn1cncn1)c1ccc(F)cc1F. The molecule has 4 rings (SSSR count). The zero-order chi connectivity index (χ0) is 29.1. The molecule has 2 aromatic carbocycles.